The standard InChI is InChI=1S/C16H22N4O2/c1-5-11(2)18-16-17-9-8-15(20-16)19-12-6-7-13(21-3)14(10-12)22-4/h6-11H,5H2,1-4H3,(H2,17,18,19,20). The van der Waals surface area contributed by atoms with E-state index in [1.54, 1.807) is 20.4 Å². The summed E-state index contributed by atoms with van der Waals surface area (Å²) in [5.74, 6) is 2.68. The van der Waals surface area contributed by atoms with Crippen LogP contribution in [0.5, 0.6) is 11.5 Å². The number of methoxy groups -OCH3 is 2. The van der Waals surface area contributed by atoms with Gasteiger partial charge in [-0.2, -0.15) is 4.98 Å². The average molecular weight is 302 g/mol. The van der Waals surface area contributed by atoms with E-state index < -0.39 is 0 Å². The smallest absolute Gasteiger partial charge is 0.224 e. The van der Waals surface area contributed by atoms with Crippen molar-refractivity contribution in [3.63, 3.8) is 0 Å². The van der Waals surface area contributed by atoms with Gasteiger partial charge in [-0.25, -0.2) is 4.98 Å². The first-order valence-corrected chi connectivity index (χ1v) is 7.25. The Kier molecular flexibility index (Phi) is 5.41. The van der Waals surface area contributed by atoms with Crippen LogP contribution in [0.4, 0.5) is 17.5 Å². The highest BCUT2D eigenvalue weighted by molar-refractivity contribution is 5.61. The number of ether oxygens (including phenoxy) is 2. The Hall–Kier alpha value is -2.50. The number of aromatic nitrogens is 2. The van der Waals surface area contributed by atoms with Gasteiger partial charge in [0.25, 0.3) is 0 Å². The van der Waals surface area contributed by atoms with Gasteiger partial charge in [-0.3, -0.25) is 0 Å². The molecule has 0 fully saturated rings. The highest BCUT2D eigenvalue weighted by Crippen LogP contribution is 2.30. The zero-order valence-corrected chi connectivity index (χ0v) is 13.4. The molecule has 1 unspecified atom stereocenters. The Labute approximate surface area is 130 Å². The summed E-state index contributed by atoms with van der Waals surface area (Å²) in [4.78, 5) is 8.67. The first-order chi connectivity index (χ1) is 10.7. The average Bonchev–Trinajstić information content (AvgIpc) is 2.55. The maximum atomic E-state index is 5.30. The molecule has 0 spiro atoms. The Morgan fingerprint density at radius 1 is 1.14 bits per heavy atom. The number of anilines is 3. The van der Waals surface area contributed by atoms with Crippen molar-refractivity contribution in [2.45, 2.75) is 26.3 Å². The molecule has 6 heteroatoms. The van der Waals surface area contributed by atoms with Gasteiger partial charge < -0.3 is 20.1 Å². The Bertz CT molecular complexity index is 619. The van der Waals surface area contributed by atoms with E-state index in [1.165, 1.54) is 0 Å². The van der Waals surface area contributed by atoms with Crippen LogP contribution < -0.4 is 20.1 Å². The number of nitrogens with zero attached hydrogens (tertiary/aromatic N) is 2. The predicted molar refractivity (Wildman–Crippen MR) is 88.2 cm³/mol. The van der Waals surface area contributed by atoms with Crippen LogP contribution in [0.15, 0.2) is 30.5 Å². The van der Waals surface area contributed by atoms with Crippen LogP contribution in [-0.4, -0.2) is 30.2 Å². The molecule has 0 aliphatic rings. The third kappa shape index (κ3) is 4.00. The number of hydrogen-bond donors (Lipinski definition) is 2. The lowest BCUT2D eigenvalue weighted by molar-refractivity contribution is 0.355. The first-order valence-electron chi connectivity index (χ1n) is 7.25. The quantitative estimate of drug-likeness (QED) is 0.816. The van der Waals surface area contributed by atoms with Gasteiger partial charge >= 0.3 is 0 Å². The zero-order valence-electron chi connectivity index (χ0n) is 13.4. The maximum absolute atomic E-state index is 5.30. The van der Waals surface area contributed by atoms with Crippen molar-refractivity contribution in [3.05, 3.63) is 30.5 Å². The zero-order chi connectivity index (χ0) is 15.9. The fraction of sp³-hybridized carbons (Fsp3) is 0.375. The van der Waals surface area contributed by atoms with E-state index >= 15 is 0 Å². The minimum absolute atomic E-state index is 0.330. The molecule has 0 saturated heterocycles. The van der Waals surface area contributed by atoms with E-state index in [0.717, 1.165) is 12.1 Å². The molecule has 1 atom stereocenters. The summed E-state index contributed by atoms with van der Waals surface area (Å²) in [6.07, 6.45) is 2.73. The maximum Gasteiger partial charge on any atom is 0.224 e. The molecule has 0 radical (unpaired) electrons. The Balaban J connectivity index is 2.15. The van der Waals surface area contributed by atoms with Crippen LogP contribution in [0.3, 0.4) is 0 Å². The van der Waals surface area contributed by atoms with Crippen molar-refractivity contribution in [2.24, 2.45) is 0 Å². The summed E-state index contributed by atoms with van der Waals surface area (Å²) < 4.78 is 10.5. The summed E-state index contributed by atoms with van der Waals surface area (Å²) in [6, 6.07) is 7.77. The molecular weight excluding hydrogens is 280 g/mol. The van der Waals surface area contributed by atoms with E-state index in [0.29, 0.717) is 29.3 Å². The molecule has 0 aliphatic carbocycles. The van der Waals surface area contributed by atoms with Crippen molar-refractivity contribution in [3.8, 4) is 11.5 Å². The molecule has 0 saturated carbocycles. The monoisotopic (exact) mass is 302 g/mol. The molecule has 2 aromatic rings. The van der Waals surface area contributed by atoms with Gasteiger partial charge in [0.2, 0.25) is 5.95 Å². The van der Waals surface area contributed by atoms with E-state index in [1.807, 2.05) is 24.3 Å². The van der Waals surface area contributed by atoms with Gasteiger partial charge in [-0.05, 0) is 31.5 Å². The van der Waals surface area contributed by atoms with Crippen molar-refractivity contribution >= 4 is 17.5 Å². The van der Waals surface area contributed by atoms with E-state index in [-0.39, 0.29) is 0 Å². The van der Waals surface area contributed by atoms with E-state index in [9.17, 15) is 0 Å². The lowest BCUT2D eigenvalue weighted by Gasteiger charge is -2.13. The first kappa shape index (κ1) is 15.9. The SMILES string of the molecule is CCC(C)Nc1nccc(Nc2ccc(OC)c(OC)c2)n1. The molecule has 0 aliphatic heterocycles. The molecule has 1 heterocycles. The molecule has 0 bridgehead atoms. The van der Waals surface area contributed by atoms with Crippen LogP contribution >= 0.6 is 0 Å². The molecule has 118 valence electrons. The number of hydrogen-bond acceptors (Lipinski definition) is 6. The van der Waals surface area contributed by atoms with Gasteiger partial charge in [0.1, 0.15) is 5.82 Å². The molecule has 22 heavy (non-hydrogen) atoms. The normalized spacial score (nSPS) is 11.6. The fourth-order valence-electron chi connectivity index (χ4n) is 1.88. The molecule has 2 N–H and O–H groups in total. The summed E-state index contributed by atoms with van der Waals surface area (Å²) in [7, 11) is 3.22. The van der Waals surface area contributed by atoms with Crippen molar-refractivity contribution in [1.82, 2.24) is 9.97 Å². The number of benzene rings is 1. The Morgan fingerprint density at radius 2 is 1.91 bits per heavy atom. The second kappa shape index (κ2) is 7.49. The minimum atomic E-state index is 0.330. The molecule has 0 amide bonds. The Morgan fingerprint density at radius 3 is 2.59 bits per heavy atom. The molecular formula is C16H22N4O2. The lowest BCUT2D eigenvalue weighted by Crippen LogP contribution is -2.15. The predicted octanol–water partition coefficient (Wildman–Crippen LogP) is 3.45. The van der Waals surface area contributed by atoms with Crippen LogP contribution in [0.2, 0.25) is 0 Å². The summed E-state index contributed by atoms with van der Waals surface area (Å²) >= 11 is 0. The highest BCUT2D eigenvalue weighted by Gasteiger charge is 2.06. The second-order valence-electron chi connectivity index (χ2n) is 4.91. The summed E-state index contributed by atoms with van der Waals surface area (Å²) in [5.41, 5.74) is 0.867. The summed E-state index contributed by atoms with van der Waals surface area (Å²) in [5, 5.41) is 6.49. The number of rotatable bonds is 7. The van der Waals surface area contributed by atoms with Crippen LogP contribution in [0, 0.1) is 0 Å². The topological polar surface area (TPSA) is 68.3 Å². The van der Waals surface area contributed by atoms with E-state index in [2.05, 4.69) is 34.4 Å². The summed E-state index contributed by atoms with van der Waals surface area (Å²) in [6.45, 7) is 4.21. The third-order valence-electron chi connectivity index (χ3n) is 3.30. The largest absolute Gasteiger partial charge is 0.493 e. The fourth-order valence-corrected chi connectivity index (χ4v) is 1.88. The van der Waals surface area contributed by atoms with Gasteiger partial charge in [-0.1, -0.05) is 6.92 Å². The van der Waals surface area contributed by atoms with Crippen LogP contribution in [-0.2, 0) is 0 Å². The molecule has 1 aromatic heterocycles. The van der Waals surface area contributed by atoms with Crippen molar-refractivity contribution in [2.75, 3.05) is 24.9 Å². The van der Waals surface area contributed by atoms with Gasteiger partial charge in [-0.15, -0.1) is 0 Å². The molecule has 2 rings (SSSR count). The highest BCUT2D eigenvalue weighted by atomic mass is 16.5. The molecule has 1 aromatic carbocycles. The minimum Gasteiger partial charge on any atom is -0.493 e. The number of nitrogens with one attached hydrogen (secondary N) is 2. The third-order valence-corrected chi connectivity index (χ3v) is 3.30. The van der Waals surface area contributed by atoms with Gasteiger partial charge in [0.15, 0.2) is 11.5 Å². The van der Waals surface area contributed by atoms with Gasteiger partial charge in [0.05, 0.1) is 14.2 Å². The second-order valence-corrected chi connectivity index (χ2v) is 4.91. The lowest BCUT2D eigenvalue weighted by atomic mass is 10.2. The van der Waals surface area contributed by atoms with Crippen molar-refractivity contribution < 1.29 is 9.47 Å². The van der Waals surface area contributed by atoms with Gasteiger partial charge in [0, 0.05) is 24.0 Å². The molecule has 6 nitrogen and oxygen atoms in total. The van der Waals surface area contributed by atoms with Crippen molar-refractivity contribution in [1.29, 1.82) is 0 Å². The van der Waals surface area contributed by atoms with Crippen LogP contribution in [0.1, 0.15) is 20.3 Å². The van der Waals surface area contributed by atoms with Crippen LogP contribution in [0.25, 0.3) is 0 Å². The van der Waals surface area contributed by atoms with E-state index in [4.69, 9.17) is 9.47 Å².